The van der Waals surface area contributed by atoms with Crippen molar-refractivity contribution in [2.75, 3.05) is 16.8 Å². The Morgan fingerprint density at radius 1 is 1.12 bits per heavy atom. The van der Waals surface area contributed by atoms with Crippen molar-refractivity contribution in [3.63, 3.8) is 0 Å². The monoisotopic (exact) mass is 582 g/mol. The lowest BCUT2D eigenvalue weighted by atomic mass is 9.88. The fourth-order valence-electron chi connectivity index (χ4n) is 4.89. The Morgan fingerprint density at radius 2 is 1.88 bits per heavy atom. The largest absolute Gasteiger partial charge is 0.351 e. The first-order valence-electron chi connectivity index (χ1n) is 12.5. The number of amides is 4. The summed E-state index contributed by atoms with van der Waals surface area (Å²) in [4.78, 5) is 47.3. The summed E-state index contributed by atoms with van der Waals surface area (Å²) in [6, 6.07) is 11.8. The number of alkyl halides is 2. The molecule has 1 aliphatic carbocycles. The maximum absolute atomic E-state index is 14.0. The van der Waals surface area contributed by atoms with Gasteiger partial charge in [0, 0.05) is 41.4 Å². The molecular weight excluding hydrogens is 561 g/mol. The van der Waals surface area contributed by atoms with Crippen LogP contribution in [0, 0.1) is 17.1 Å². The number of halogens is 4. The molecule has 1 aliphatic heterocycles. The van der Waals surface area contributed by atoms with Crippen molar-refractivity contribution in [1.82, 2.24) is 15.2 Å². The Balaban J connectivity index is 1.53. The predicted octanol–water partition coefficient (Wildman–Crippen LogP) is 4.65. The Bertz CT molecular complexity index is 1560. The molecule has 2 heterocycles. The lowest BCUT2D eigenvalue weighted by molar-refractivity contribution is -0.133. The van der Waals surface area contributed by atoms with Gasteiger partial charge in [0.2, 0.25) is 11.8 Å². The number of aromatic nitrogens is 1. The van der Waals surface area contributed by atoms with Crippen LogP contribution < -0.4 is 15.5 Å². The second kappa shape index (κ2) is 11.1. The van der Waals surface area contributed by atoms with Crippen LogP contribution >= 0.6 is 11.6 Å². The molecule has 1 saturated carbocycles. The lowest BCUT2D eigenvalue weighted by Gasteiger charge is -2.37. The van der Waals surface area contributed by atoms with Crippen molar-refractivity contribution in [3.05, 3.63) is 88.8 Å². The van der Waals surface area contributed by atoms with Crippen molar-refractivity contribution in [3.8, 4) is 6.07 Å². The minimum Gasteiger partial charge on any atom is -0.351 e. The number of nitrogens with zero attached hydrogens (tertiary/aromatic N) is 4. The third kappa shape index (κ3) is 5.81. The van der Waals surface area contributed by atoms with E-state index in [4.69, 9.17) is 11.6 Å². The summed E-state index contributed by atoms with van der Waals surface area (Å²) >= 11 is 6.42. The van der Waals surface area contributed by atoms with E-state index in [-0.39, 0.29) is 34.2 Å². The van der Waals surface area contributed by atoms with Gasteiger partial charge in [0.15, 0.2) is 0 Å². The summed E-state index contributed by atoms with van der Waals surface area (Å²) < 4.78 is 40.8. The third-order valence-corrected chi connectivity index (χ3v) is 7.19. The zero-order valence-corrected chi connectivity index (χ0v) is 22.0. The van der Waals surface area contributed by atoms with Crippen molar-refractivity contribution in [2.24, 2.45) is 0 Å². The molecule has 1 saturated heterocycles. The quantitative estimate of drug-likeness (QED) is 0.420. The molecule has 5 rings (SSSR count). The summed E-state index contributed by atoms with van der Waals surface area (Å²) in [5.41, 5.74) is 0.513. The fourth-order valence-corrected chi connectivity index (χ4v) is 5.13. The first-order chi connectivity index (χ1) is 19.6. The average molecular weight is 583 g/mol. The summed E-state index contributed by atoms with van der Waals surface area (Å²) in [6.07, 6.45) is 0.204. The summed E-state index contributed by atoms with van der Waals surface area (Å²) in [6.45, 7) is -0.345. The number of carbonyl (C=O) groups is 3. The SMILES string of the molecule is N#Cc1ccnc(N2C(=O)N([C@H](C(=O)NC3CC(F)(F)C3)c3ccccc3Cl)CC2C(=O)Nc2cccc(F)c2)c1. The molecule has 9 nitrogen and oxygen atoms in total. The molecule has 41 heavy (non-hydrogen) atoms. The molecule has 1 aromatic heterocycles. The van der Waals surface area contributed by atoms with Crippen LogP contribution in [0.3, 0.4) is 0 Å². The number of carbonyl (C=O) groups excluding carboxylic acids is 3. The molecule has 3 aromatic rings. The van der Waals surface area contributed by atoms with E-state index in [1.165, 1.54) is 48.7 Å². The van der Waals surface area contributed by atoms with Crippen LogP contribution in [0.15, 0.2) is 66.9 Å². The molecule has 13 heteroatoms. The molecule has 2 N–H and O–H groups in total. The molecule has 0 spiro atoms. The molecule has 0 radical (unpaired) electrons. The Morgan fingerprint density at radius 3 is 2.56 bits per heavy atom. The zero-order chi connectivity index (χ0) is 29.3. The zero-order valence-electron chi connectivity index (χ0n) is 21.2. The van der Waals surface area contributed by atoms with Gasteiger partial charge in [-0.2, -0.15) is 5.26 Å². The van der Waals surface area contributed by atoms with Gasteiger partial charge in [-0.3, -0.25) is 14.5 Å². The van der Waals surface area contributed by atoms with Gasteiger partial charge in [-0.15, -0.1) is 0 Å². The van der Waals surface area contributed by atoms with Gasteiger partial charge in [-0.05, 0) is 36.4 Å². The van der Waals surface area contributed by atoms with Crippen LogP contribution in [-0.4, -0.2) is 52.3 Å². The first-order valence-corrected chi connectivity index (χ1v) is 12.9. The number of rotatable bonds is 7. The lowest BCUT2D eigenvalue weighted by Crippen LogP contribution is -2.53. The highest BCUT2D eigenvalue weighted by atomic mass is 35.5. The van der Waals surface area contributed by atoms with Gasteiger partial charge in [-0.25, -0.2) is 22.9 Å². The van der Waals surface area contributed by atoms with Crippen LogP contribution in [0.25, 0.3) is 0 Å². The van der Waals surface area contributed by atoms with Crippen molar-refractivity contribution in [1.29, 1.82) is 5.26 Å². The van der Waals surface area contributed by atoms with E-state index in [1.807, 2.05) is 6.07 Å². The van der Waals surface area contributed by atoms with Crippen molar-refractivity contribution in [2.45, 2.75) is 36.9 Å². The molecule has 2 aromatic carbocycles. The van der Waals surface area contributed by atoms with Crippen LogP contribution in [0.2, 0.25) is 5.02 Å². The molecule has 0 bridgehead atoms. The normalized spacial score (nSPS) is 18.8. The summed E-state index contributed by atoms with van der Waals surface area (Å²) in [7, 11) is 0. The highest BCUT2D eigenvalue weighted by Crippen LogP contribution is 2.39. The topological polar surface area (TPSA) is 118 Å². The smallest absolute Gasteiger partial charge is 0.327 e. The Kier molecular flexibility index (Phi) is 7.55. The molecule has 1 unspecified atom stereocenters. The van der Waals surface area contributed by atoms with Crippen LogP contribution in [-0.2, 0) is 9.59 Å². The van der Waals surface area contributed by atoms with Gasteiger partial charge in [-0.1, -0.05) is 35.9 Å². The van der Waals surface area contributed by atoms with Gasteiger partial charge in [0.05, 0.1) is 18.2 Å². The van der Waals surface area contributed by atoms with E-state index in [1.54, 1.807) is 12.1 Å². The second-order valence-electron chi connectivity index (χ2n) is 9.73. The Hall–Kier alpha value is -4.63. The number of anilines is 2. The van der Waals surface area contributed by atoms with Gasteiger partial charge in [0.1, 0.15) is 23.7 Å². The summed E-state index contributed by atoms with van der Waals surface area (Å²) in [5, 5.41) is 14.7. The van der Waals surface area contributed by atoms with E-state index >= 15 is 0 Å². The van der Waals surface area contributed by atoms with E-state index in [2.05, 4.69) is 15.6 Å². The van der Waals surface area contributed by atoms with Crippen molar-refractivity contribution < 1.29 is 27.6 Å². The molecular formula is C28H22ClF3N6O3. The molecule has 4 amide bonds. The van der Waals surface area contributed by atoms with E-state index in [0.29, 0.717) is 0 Å². The van der Waals surface area contributed by atoms with Gasteiger partial charge < -0.3 is 15.5 Å². The highest BCUT2D eigenvalue weighted by molar-refractivity contribution is 6.31. The molecule has 2 aliphatic rings. The minimum atomic E-state index is -2.89. The molecule has 210 valence electrons. The predicted molar refractivity (Wildman–Crippen MR) is 143 cm³/mol. The second-order valence-corrected chi connectivity index (χ2v) is 10.1. The molecule has 2 atom stereocenters. The van der Waals surface area contributed by atoms with Crippen LogP contribution in [0.4, 0.5) is 29.5 Å². The number of benzene rings is 2. The number of urea groups is 1. The number of hydrogen-bond acceptors (Lipinski definition) is 5. The first kappa shape index (κ1) is 27.9. The number of nitriles is 1. The fraction of sp³-hybridized carbons (Fsp3) is 0.250. The standard InChI is InChI=1S/C28H22ClF3N6O3/c29-21-7-2-1-6-20(21)24(26(40)36-19-12-28(31,32)13-19)37-15-22(25(39)35-18-5-3-4-17(30)11-18)38(27(37)41)23-10-16(14-33)8-9-34-23/h1-11,19,22,24H,12-13,15H2,(H,35,39)(H,36,40)/t22?,24-/m0/s1. The Labute approximate surface area is 237 Å². The highest BCUT2D eigenvalue weighted by Gasteiger charge is 2.50. The third-order valence-electron chi connectivity index (χ3n) is 6.85. The average Bonchev–Trinajstić information content (AvgIpc) is 3.25. The van der Waals surface area contributed by atoms with E-state index < -0.39 is 60.6 Å². The summed E-state index contributed by atoms with van der Waals surface area (Å²) in [5.74, 6) is -4.99. The minimum absolute atomic E-state index is 0.0344. The van der Waals surface area contributed by atoms with Crippen molar-refractivity contribution >= 4 is 41.0 Å². The van der Waals surface area contributed by atoms with Gasteiger partial charge >= 0.3 is 6.03 Å². The van der Waals surface area contributed by atoms with E-state index in [9.17, 15) is 32.8 Å². The van der Waals surface area contributed by atoms with Crippen LogP contribution in [0.1, 0.15) is 30.0 Å². The van der Waals surface area contributed by atoms with Gasteiger partial charge in [0.25, 0.3) is 5.92 Å². The maximum Gasteiger partial charge on any atom is 0.327 e. The maximum atomic E-state index is 14.0. The van der Waals surface area contributed by atoms with E-state index in [0.717, 1.165) is 15.9 Å². The number of pyridine rings is 1. The number of hydrogen-bond donors (Lipinski definition) is 2. The van der Waals surface area contributed by atoms with Crippen LogP contribution in [0.5, 0.6) is 0 Å². The molecule has 2 fully saturated rings. The number of nitrogens with one attached hydrogen (secondary N) is 2.